The van der Waals surface area contributed by atoms with E-state index in [4.69, 9.17) is 11.6 Å². The van der Waals surface area contributed by atoms with Crippen LogP contribution in [-0.2, 0) is 0 Å². The molecular formula is C11H11BrClF. The first-order chi connectivity index (χ1) is 6.67. The van der Waals surface area contributed by atoms with Gasteiger partial charge in [0.25, 0.3) is 0 Å². The highest BCUT2D eigenvalue weighted by Crippen LogP contribution is 2.19. The van der Waals surface area contributed by atoms with E-state index in [0.29, 0.717) is 0 Å². The first-order valence-electron chi connectivity index (χ1n) is 4.37. The van der Waals surface area contributed by atoms with Gasteiger partial charge in [-0.1, -0.05) is 52.2 Å². The fourth-order valence-electron chi connectivity index (χ4n) is 1.07. The minimum atomic E-state index is -0.374. The van der Waals surface area contributed by atoms with Gasteiger partial charge in [-0.3, -0.25) is 0 Å². The van der Waals surface area contributed by atoms with E-state index in [1.54, 1.807) is 12.1 Å². The molecule has 0 heterocycles. The van der Waals surface area contributed by atoms with Crippen molar-refractivity contribution in [2.24, 2.45) is 0 Å². The van der Waals surface area contributed by atoms with E-state index in [2.05, 4.69) is 22.9 Å². The van der Waals surface area contributed by atoms with E-state index < -0.39 is 0 Å². The van der Waals surface area contributed by atoms with Crippen LogP contribution in [0.15, 0.2) is 23.8 Å². The van der Waals surface area contributed by atoms with Gasteiger partial charge in [-0.2, -0.15) is 0 Å². The van der Waals surface area contributed by atoms with Gasteiger partial charge in [0.15, 0.2) is 0 Å². The Morgan fingerprint density at radius 1 is 1.57 bits per heavy atom. The molecule has 0 radical (unpaired) electrons. The molecule has 1 aromatic rings. The second kappa shape index (κ2) is 5.52. The average Bonchev–Trinajstić information content (AvgIpc) is 2.19. The van der Waals surface area contributed by atoms with Gasteiger partial charge in [-0.25, -0.2) is 4.39 Å². The number of halogens is 3. The van der Waals surface area contributed by atoms with Crippen molar-refractivity contribution in [3.8, 4) is 0 Å². The lowest BCUT2D eigenvalue weighted by atomic mass is 10.1. The topological polar surface area (TPSA) is 0 Å². The van der Waals surface area contributed by atoms with Crippen LogP contribution < -0.4 is 0 Å². The van der Waals surface area contributed by atoms with Crippen molar-refractivity contribution in [2.45, 2.75) is 13.3 Å². The van der Waals surface area contributed by atoms with E-state index in [0.717, 1.165) is 17.3 Å². The molecule has 0 unspecified atom stereocenters. The summed E-state index contributed by atoms with van der Waals surface area (Å²) >= 11 is 9.06. The second-order valence-electron chi connectivity index (χ2n) is 2.96. The van der Waals surface area contributed by atoms with Gasteiger partial charge < -0.3 is 0 Å². The van der Waals surface area contributed by atoms with Crippen LogP contribution in [0, 0.1) is 5.82 Å². The minimum Gasteiger partial charge on any atom is -0.205 e. The molecule has 76 valence electrons. The number of hydrogen-bond donors (Lipinski definition) is 0. The molecule has 0 amide bonds. The van der Waals surface area contributed by atoms with Gasteiger partial charge in [0.1, 0.15) is 5.82 Å². The maximum Gasteiger partial charge on any atom is 0.141 e. The largest absolute Gasteiger partial charge is 0.205 e. The molecule has 14 heavy (non-hydrogen) atoms. The Morgan fingerprint density at radius 2 is 2.29 bits per heavy atom. The van der Waals surface area contributed by atoms with E-state index in [1.807, 2.05) is 6.08 Å². The summed E-state index contributed by atoms with van der Waals surface area (Å²) in [7, 11) is 0. The molecule has 0 nitrogen and oxygen atoms in total. The summed E-state index contributed by atoms with van der Waals surface area (Å²) in [5.41, 5.74) is 2.19. The Balaban J connectivity index is 2.97. The standard InChI is InChI=1S/C11H11BrClF/c1-2-8(7-12)5-9-3-4-11(14)10(13)6-9/h3-6H,2,7H2,1H3/b8-5-. The van der Waals surface area contributed by atoms with Crippen LogP contribution in [0.25, 0.3) is 6.08 Å². The number of alkyl halides is 1. The number of rotatable bonds is 3. The zero-order chi connectivity index (χ0) is 10.6. The summed E-state index contributed by atoms with van der Waals surface area (Å²) in [5.74, 6) is -0.374. The van der Waals surface area contributed by atoms with E-state index in [1.165, 1.54) is 11.6 Å². The SMILES string of the molecule is CC/C(=C/c1ccc(F)c(Cl)c1)CBr. The van der Waals surface area contributed by atoms with Crippen LogP contribution in [0.4, 0.5) is 4.39 Å². The smallest absolute Gasteiger partial charge is 0.141 e. The summed E-state index contributed by atoms with van der Waals surface area (Å²) in [5, 5.41) is 1.00. The molecule has 1 rings (SSSR count). The Bertz CT molecular complexity index is 341. The molecule has 0 saturated heterocycles. The van der Waals surface area contributed by atoms with Crippen molar-refractivity contribution in [2.75, 3.05) is 5.33 Å². The van der Waals surface area contributed by atoms with Crippen molar-refractivity contribution in [3.63, 3.8) is 0 Å². The molecule has 0 bridgehead atoms. The van der Waals surface area contributed by atoms with Crippen molar-refractivity contribution in [1.82, 2.24) is 0 Å². The molecular weight excluding hydrogens is 266 g/mol. The molecule has 0 atom stereocenters. The van der Waals surface area contributed by atoms with Gasteiger partial charge in [0, 0.05) is 5.33 Å². The number of allylic oxidation sites excluding steroid dienone is 1. The zero-order valence-corrected chi connectivity index (χ0v) is 10.2. The Hall–Kier alpha value is -0.340. The first-order valence-corrected chi connectivity index (χ1v) is 5.87. The fraction of sp³-hybridized carbons (Fsp3) is 0.273. The zero-order valence-electron chi connectivity index (χ0n) is 7.86. The van der Waals surface area contributed by atoms with Gasteiger partial charge in [0.05, 0.1) is 5.02 Å². The van der Waals surface area contributed by atoms with Gasteiger partial charge >= 0.3 is 0 Å². The van der Waals surface area contributed by atoms with Crippen molar-refractivity contribution >= 4 is 33.6 Å². The molecule has 0 fully saturated rings. The highest BCUT2D eigenvalue weighted by atomic mass is 79.9. The Labute approximate surface area is 96.9 Å². The first kappa shape index (κ1) is 11.7. The van der Waals surface area contributed by atoms with Gasteiger partial charge in [0.2, 0.25) is 0 Å². The van der Waals surface area contributed by atoms with Crippen LogP contribution in [0.1, 0.15) is 18.9 Å². The normalized spacial score (nSPS) is 11.9. The number of benzene rings is 1. The summed E-state index contributed by atoms with van der Waals surface area (Å²) in [4.78, 5) is 0. The maximum absolute atomic E-state index is 12.8. The van der Waals surface area contributed by atoms with E-state index in [9.17, 15) is 4.39 Å². The predicted octanol–water partition coefficient (Wildman–Crippen LogP) is 4.67. The fourth-order valence-corrected chi connectivity index (χ4v) is 1.82. The lowest BCUT2D eigenvalue weighted by Crippen LogP contribution is -1.83. The van der Waals surface area contributed by atoms with Crippen LogP contribution in [-0.4, -0.2) is 5.33 Å². The van der Waals surface area contributed by atoms with Crippen molar-refractivity contribution in [1.29, 1.82) is 0 Å². The monoisotopic (exact) mass is 276 g/mol. The summed E-state index contributed by atoms with van der Waals surface area (Å²) in [6, 6.07) is 4.74. The lowest BCUT2D eigenvalue weighted by Gasteiger charge is -2.00. The summed E-state index contributed by atoms with van der Waals surface area (Å²) in [6.45, 7) is 2.08. The Kier molecular flexibility index (Phi) is 4.63. The highest BCUT2D eigenvalue weighted by molar-refractivity contribution is 9.09. The van der Waals surface area contributed by atoms with E-state index >= 15 is 0 Å². The molecule has 0 spiro atoms. The average molecular weight is 278 g/mol. The third-order valence-corrected chi connectivity index (χ3v) is 2.95. The summed E-state index contributed by atoms with van der Waals surface area (Å²) < 4.78 is 12.8. The molecule has 0 aliphatic carbocycles. The molecule has 0 aliphatic heterocycles. The summed E-state index contributed by atoms with van der Waals surface area (Å²) in [6.07, 6.45) is 2.99. The minimum absolute atomic E-state index is 0.170. The van der Waals surface area contributed by atoms with E-state index in [-0.39, 0.29) is 10.8 Å². The van der Waals surface area contributed by atoms with Crippen LogP contribution in [0.5, 0.6) is 0 Å². The highest BCUT2D eigenvalue weighted by Gasteiger charge is 1.99. The van der Waals surface area contributed by atoms with Crippen LogP contribution >= 0.6 is 27.5 Å². The number of hydrogen-bond acceptors (Lipinski definition) is 0. The third kappa shape index (κ3) is 3.10. The molecule has 3 heteroatoms. The van der Waals surface area contributed by atoms with Crippen molar-refractivity contribution < 1.29 is 4.39 Å². The molecule has 0 aromatic heterocycles. The van der Waals surface area contributed by atoms with Crippen LogP contribution in [0.3, 0.4) is 0 Å². The maximum atomic E-state index is 12.8. The molecule has 0 aliphatic rings. The lowest BCUT2D eigenvalue weighted by molar-refractivity contribution is 0.628. The Morgan fingerprint density at radius 3 is 2.79 bits per heavy atom. The quantitative estimate of drug-likeness (QED) is 0.705. The molecule has 0 saturated carbocycles. The predicted molar refractivity (Wildman–Crippen MR) is 63.5 cm³/mol. The molecule has 1 aromatic carbocycles. The molecule has 0 N–H and O–H groups in total. The second-order valence-corrected chi connectivity index (χ2v) is 3.93. The van der Waals surface area contributed by atoms with Gasteiger partial charge in [-0.15, -0.1) is 0 Å². The van der Waals surface area contributed by atoms with Crippen molar-refractivity contribution in [3.05, 3.63) is 40.2 Å². The van der Waals surface area contributed by atoms with Crippen LogP contribution in [0.2, 0.25) is 5.02 Å². The van der Waals surface area contributed by atoms with Gasteiger partial charge in [-0.05, 0) is 24.1 Å². The third-order valence-electron chi connectivity index (χ3n) is 1.94.